The van der Waals surface area contributed by atoms with Crippen LogP contribution in [-0.4, -0.2) is 38.4 Å². The minimum atomic E-state index is -0.972. The number of benzene rings is 1. The van der Waals surface area contributed by atoms with Gasteiger partial charge in [0.2, 0.25) is 0 Å². The minimum Gasteiger partial charge on any atom is -0.478 e. The fraction of sp³-hybridized carbons (Fsp3) is 0.385. The molecule has 2 heterocycles. The molecule has 0 radical (unpaired) electrons. The van der Waals surface area contributed by atoms with Crippen molar-refractivity contribution in [2.75, 3.05) is 6.61 Å². The topological polar surface area (TPSA) is 84.6 Å². The number of carboxylic acids is 1. The molecule has 0 unspecified atom stereocenters. The van der Waals surface area contributed by atoms with Crippen LogP contribution in [0.25, 0.3) is 11.0 Å². The van der Waals surface area contributed by atoms with E-state index in [4.69, 9.17) is 9.84 Å². The third-order valence-electron chi connectivity index (χ3n) is 3.40. The van der Waals surface area contributed by atoms with E-state index >= 15 is 0 Å². The average molecular weight is 262 g/mol. The van der Waals surface area contributed by atoms with Crippen LogP contribution in [0, 0.1) is 0 Å². The first-order chi connectivity index (χ1) is 9.19. The van der Waals surface area contributed by atoms with Gasteiger partial charge >= 0.3 is 5.97 Å². The van der Waals surface area contributed by atoms with Crippen molar-refractivity contribution in [2.24, 2.45) is 0 Å². The van der Waals surface area contributed by atoms with E-state index in [1.54, 1.807) is 12.1 Å². The molecular formula is C13H14N2O4. The van der Waals surface area contributed by atoms with Crippen LogP contribution in [0.4, 0.5) is 0 Å². The van der Waals surface area contributed by atoms with Crippen LogP contribution < -0.4 is 0 Å². The monoisotopic (exact) mass is 262 g/mol. The molecule has 0 amide bonds. The van der Waals surface area contributed by atoms with Gasteiger partial charge in [-0.25, -0.2) is 9.78 Å². The summed E-state index contributed by atoms with van der Waals surface area (Å²) in [5, 5.41) is 18.4. The standard InChI is InChI=1S/C13H14N2O4/c16-7-12-14-10-2-1-8(13(17)18)5-11(10)15(12)6-9-3-4-19-9/h1-2,5,9,16H,3-4,6-7H2,(H,17,18)/t9-/m0/s1. The maximum Gasteiger partial charge on any atom is 0.335 e. The number of imidazole rings is 1. The molecule has 0 saturated carbocycles. The van der Waals surface area contributed by atoms with Crippen LogP contribution >= 0.6 is 0 Å². The smallest absolute Gasteiger partial charge is 0.335 e. The molecule has 0 bridgehead atoms. The zero-order valence-electron chi connectivity index (χ0n) is 10.2. The van der Waals surface area contributed by atoms with Gasteiger partial charge in [-0.3, -0.25) is 0 Å². The zero-order valence-corrected chi connectivity index (χ0v) is 10.2. The predicted molar refractivity (Wildman–Crippen MR) is 67.0 cm³/mol. The average Bonchev–Trinajstić information content (AvgIpc) is 2.70. The summed E-state index contributed by atoms with van der Waals surface area (Å²) in [4.78, 5) is 15.3. The van der Waals surface area contributed by atoms with Gasteiger partial charge in [-0.05, 0) is 24.6 Å². The summed E-state index contributed by atoms with van der Waals surface area (Å²) in [6, 6.07) is 4.77. The van der Waals surface area contributed by atoms with Gasteiger partial charge in [0.1, 0.15) is 12.4 Å². The SMILES string of the molecule is O=C(O)c1ccc2nc(CO)n(C[C@@H]3CCO3)c2c1. The summed E-state index contributed by atoms with van der Waals surface area (Å²) in [6.07, 6.45) is 1.10. The Morgan fingerprint density at radius 1 is 1.53 bits per heavy atom. The maximum atomic E-state index is 11.0. The fourth-order valence-corrected chi connectivity index (χ4v) is 2.26. The summed E-state index contributed by atoms with van der Waals surface area (Å²) in [5.74, 6) is -0.437. The molecule has 1 fully saturated rings. The number of rotatable bonds is 4. The van der Waals surface area contributed by atoms with Gasteiger partial charge < -0.3 is 19.5 Å². The van der Waals surface area contributed by atoms with Gasteiger partial charge in [0, 0.05) is 6.61 Å². The highest BCUT2D eigenvalue weighted by Gasteiger charge is 2.21. The number of nitrogens with zero attached hydrogens (tertiary/aromatic N) is 2. The lowest BCUT2D eigenvalue weighted by Crippen LogP contribution is -2.31. The zero-order chi connectivity index (χ0) is 13.4. The van der Waals surface area contributed by atoms with E-state index in [1.165, 1.54) is 6.07 Å². The van der Waals surface area contributed by atoms with Crippen molar-refractivity contribution in [3.63, 3.8) is 0 Å². The summed E-state index contributed by atoms with van der Waals surface area (Å²) in [5.41, 5.74) is 1.63. The fourth-order valence-electron chi connectivity index (χ4n) is 2.26. The van der Waals surface area contributed by atoms with Gasteiger partial charge in [0.05, 0.1) is 29.2 Å². The second-order valence-electron chi connectivity index (χ2n) is 4.59. The van der Waals surface area contributed by atoms with Crippen LogP contribution in [0.5, 0.6) is 0 Å². The van der Waals surface area contributed by atoms with Crippen molar-refractivity contribution in [3.8, 4) is 0 Å². The summed E-state index contributed by atoms with van der Waals surface area (Å²) < 4.78 is 7.22. The van der Waals surface area contributed by atoms with Gasteiger partial charge in [0.15, 0.2) is 0 Å². The van der Waals surface area contributed by atoms with Crippen molar-refractivity contribution in [2.45, 2.75) is 25.7 Å². The van der Waals surface area contributed by atoms with Crippen LogP contribution in [0.15, 0.2) is 18.2 Å². The van der Waals surface area contributed by atoms with Crippen LogP contribution in [0.1, 0.15) is 22.6 Å². The molecular weight excluding hydrogens is 248 g/mol. The Bertz CT molecular complexity index is 631. The highest BCUT2D eigenvalue weighted by atomic mass is 16.5. The van der Waals surface area contributed by atoms with Crippen molar-refractivity contribution in [1.29, 1.82) is 0 Å². The maximum absolute atomic E-state index is 11.0. The summed E-state index contributed by atoms with van der Waals surface area (Å²) in [7, 11) is 0. The first-order valence-corrected chi connectivity index (χ1v) is 6.14. The summed E-state index contributed by atoms with van der Waals surface area (Å²) in [6.45, 7) is 1.17. The van der Waals surface area contributed by atoms with Crippen molar-refractivity contribution in [3.05, 3.63) is 29.6 Å². The molecule has 1 aliphatic heterocycles. The minimum absolute atomic E-state index is 0.121. The molecule has 1 atom stereocenters. The first kappa shape index (κ1) is 12.1. The van der Waals surface area contributed by atoms with Gasteiger partial charge in [-0.2, -0.15) is 0 Å². The lowest BCUT2D eigenvalue weighted by atomic mass is 10.1. The van der Waals surface area contributed by atoms with E-state index in [2.05, 4.69) is 4.98 Å². The number of fused-ring (bicyclic) bond motifs is 1. The largest absolute Gasteiger partial charge is 0.478 e. The molecule has 2 aromatic rings. The van der Waals surface area contributed by atoms with Crippen LogP contribution in [0.2, 0.25) is 0 Å². The molecule has 0 spiro atoms. The molecule has 1 saturated heterocycles. The highest BCUT2D eigenvalue weighted by molar-refractivity contribution is 5.92. The molecule has 0 aliphatic carbocycles. The molecule has 6 heteroatoms. The van der Waals surface area contributed by atoms with Crippen molar-refractivity contribution < 1.29 is 19.7 Å². The number of aromatic carboxylic acids is 1. The second kappa shape index (κ2) is 4.64. The highest BCUT2D eigenvalue weighted by Crippen LogP contribution is 2.22. The van der Waals surface area contributed by atoms with Crippen LogP contribution in [0.3, 0.4) is 0 Å². The molecule has 19 heavy (non-hydrogen) atoms. The van der Waals surface area contributed by atoms with Crippen molar-refractivity contribution >= 4 is 17.0 Å². The number of aliphatic hydroxyl groups excluding tert-OH is 1. The summed E-state index contributed by atoms with van der Waals surface area (Å²) >= 11 is 0. The van der Waals surface area contributed by atoms with E-state index in [1.807, 2.05) is 4.57 Å². The number of aliphatic hydroxyl groups is 1. The number of ether oxygens (including phenoxy) is 1. The number of carboxylic acid groups (broad SMARTS) is 1. The Balaban J connectivity index is 2.08. The van der Waals surface area contributed by atoms with E-state index < -0.39 is 5.97 Å². The lowest BCUT2D eigenvalue weighted by molar-refractivity contribution is -0.0593. The molecule has 1 aliphatic rings. The van der Waals surface area contributed by atoms with E-state index in [0.717, 1.165) is 18.5 Å². The third kappa shape index (κ3) is 2.09. The van der Waals surface area contributed by atoms with Gasteiger partial charge in [-0.1, -0.05) is 0 Å². The lowest BCUT2D eigenvalue weighted by Gasteiger charge is -2.27. The van der Waals surface area contributed by atoms with Crippen LogP contribution in [-0.2, 0) is 17.9 Å². The second-order valence-corrected chi connectivity index (χ2v) is 4.59. The molecule has 100 valence electrons. The molecule has 1 aromatic carbocycles. The molecule has 1 aromatic heterocycles. The number of aromatic nitrogens is 2. The van der Waals surface area contributed by atoms with E-state index in [-0.39, 0.29) is 18.3 Å². The Kier molecular flexibility index (Phi) is 2.96. The molecule has 2 N–H and O–H groups in total. The normalized spacial score (nSPS) is 18.5. The third-order valence-corrected chi connectivity index (χ3v) is 3.40. The van der Waals surface area contributed by atoms with Gasteiger partial charge in [-0.15, -0.1) is 0 Å². The predicted octanol–water partition coefficient (Wildman–Crippen LogP) is 1.02. The number of hydrogen-bond acceptors (Lipinski definition) is 4. The Hall–Kier alpha value is -1.92. The number of carbonyl (C=O) groups is 1. The van der Waals surface area contributed by atoms with Crippen molar-refractivity contribution in [1.82, 2.24) is 9.55 Å². The molecule has 6 nitrogen and oxygen atoms in total. The molecule has 3 rings (SSSR count). The van der Waals surface area contributed by atoms with E-state index in [9.17, 15) is 9.90 Å². The Morgan fingerprint density at radius 3 is 2.89 bits per heavy atom. The quantitative estimate of drug-likeness (QED) is 0.859. The first-order valence-electron chi connectivity index (χ1n) is 6.14. The van der Waals surface area contributed by atoms with Gasteiger partial charge in [0.25, 0.3) is 0 Å². The Labute approximate surface area is 109 Å². The van der Waals surface area contributed by atoms with E-state index in [0.29, 0.717) is 17.9 Å². The Morgan fingerprint density at radius 2 is 2.32 bits per heavy atom. The number of hydrogen-bond donors (Lipinski definition) is 2.